The molecule has 0 unspecified atom stereocenters. The Morgan fingerprint density at radius 1 is 1.00 bits per heavy atom. The molecule has 0 fully saturated rings. The summed E-state index contributed by atoms with van der Waals surface area (Å²) in [6.07, 6.45) is 3.40. The van der Waals surface area contributed by atoms with Gasteiger partial charge in [0, 0.05) is 33.4 Å². The van der Waals surface area contributed by atoms with E-state index in [-0.39, 0.29) is 6.61 Å². The number of para-hydroxylation sites is 1. The number of anilines is 2. The van der Waals surface area contributed by atoms with Gasteiger partial charge < -0.3 is 10.0 Å². The number of thiophene rings is 1. The molecule has 130 valence electrons. The molecule has 1 aliphatic heterocycles. The van der Waals surface area contributed by atoms with Crippen molar-refractivity contribution in [2.75, 3.05) is 18.1 Å². The van der Waals surface area contributed by atoms with Gasteiger partial charge in [0.2, 0.25) is 0 Å². The number of hydrogen-bond acceptors (Lipinski definition) is 3. The largest absolute Gasteiger partial charge is 0.395 e. The molecule has 2 heterocycles. The van der Waals surface area contributed by atoms with E-state index in [4.69, 9.17) is 0 Å². The highest BCUT2D eigenvalue weighted by molar-refractivity contribution is 7.23. The van der Waals surface area contributed by atoms with Gasteiger partial charge in [0.1, 0.15) is 5.00 Å². The van der Waals surface area contributed by atoms with Crippen molar-refractivity contribution >= 4 is 43.3 Å². The number of hydrogen-bond donors (Lipinski definition) is 1. The smallest absolute Gasteiger partial charge is 0.104 e. The Morgan fingerprint density at radius 3 is 2.65 bits per heavy atom. The minimum absolute atomic E-state index is 0.125. The maximum atomic E-state index is 9.79. The van der Waals surface area contributed by atoms with Crippen molar-refractivity contribution in [3.63, 3.8) is 0 Å². The summed E-state index contributed by atoms with van der Waals surface area (Å²) in [5.41, 5.74) is 7.74. The van der Waals surface area contributed by atoms with Crippen LogP contribution in [0.2, 0.25) is 0 Å². The highest BCUT2D eigenvalue weighted by Gasteiger charge is 2.30. The molecule has 1 aliphatic carbocycles. The molecule has 0 saturated carbocycles. The number of β-amino-alcohol motifs (C(OH)–C–C–N with tert-alkyl or cyclic N) is 1. The Hall–Kier alpha value is -2.36. The Balaban J connectivity index is 1.91. The first kappa shape index (κ1) is 15.9. The SMILES string of the molecule is C=C1C2=C(CCC2)c2c(sc3ccccc23)N(CCO)c2ccccc21. The van der Waals surface area contributed by atoms with E-state index in [1.54, 1.807) is 0 Å². The van der Waals surface area contributed by atoms with E-state index in [0.29, 0.717) is 6.54 Å². The van der Waals surface area contributed by atoms with Crippen molar-refractivity contribution in [2.45, 2.75) is 19.3 Å². The third-order valence-corrected chi connectivity index (χ3v) is 6.74. The molecule has 0 spiro atoms. The van der Waals surface area contributed by atoms with E-state index < -0.39 is 0 Å². The highest BCUT2D eigenvalue weighted by Crippen LogP contribution is 2.53. The van der Waals surface area contributed by atoms with Crippen LogP contribution in [0.5, 0.6) is 0 Å². The summed E-state index contributed by atoms with van der Waals surface area (Å²) in [6.45, 7) is 5.20. The van der Waals surface area contributed by atoms with Gasteiger partial charge in [-0.3, -0.25) is 0 Å². The third kappa shape index (κ3) is 2.21. The topological polar surface area (TPSA) is 23.5 Å². The molecule has 0 atom stereocenters. The normalized spacial score (nSPS) is 16.3. The predicted molar refractivity (Wildman–Crippen MR) is 112 cm³/mol. The molecular weight excluding hydrogens is 338 g/mol. The molecule has 0 bridgehead atoms. The lowest BCUT2D eigenvalue weighted by Crippen LogP contribution is -2.23. The lowest BCUT2D eigenvalue weighted by molar-refractivity contribution is 0.306. The first-order valence-corrected chi connectivity index (χ1v) is 10.0. The van der Waals surface area contributed by atoms with Crippen molar-refractivity contribution in [2.24, 2.45) is 0 Å². The number of aliphatic hydroxyl groups is 1. The number of rotatable bonds is 2. The summed E-state index contributed by atoms with van der Waals surface area (Å²) in [4.78, 5) is 2.29. The fourth-order valence-corrected chi connectivity index (χ4v) is 5.70. The van der Waals surface area contributed by atoms with E-state index in [1.165, 1.54) is 43.8 Å². The lowest BCUT2D eigenvalue weighted by Gasteiger charge is -2.30. The molecule has 5 rings (SSSR count). The van der Waals surface area contributed by atoms with Gasteiger partial charge in [0.25, 0.3) is 0 Å². The van der Waals surface area contributed by atoms with Crippen LogP contribution in [0.1, 0.15) is 30.4 Å². The zero-order valence-corrected chi connectivity index (χ0v) is 15.5. The molecule has 1 N–H and O–H groups in total. The average Bonchev–Trinajstić information content (AvgIpc) is 3.28. The van der Waals surface area contributed by atoms with Crippen LogP contribution < -0.4 is 4.90 Å². The van der Waals surface area contributed by atoms with Gasteiger partial charge in [-0.25, -0.2) is 0 Å². The molecule has 26 heavy (non-hydrogen) atoms. The van der Waals surface area contributed by atoms with Crippen LogP contribution in [-0.2, 0) is 0 Å². The quantitative estimate of drug-likeness (QED) is 0.607. The van der Waals surface area contributed by atoms with E-state index in [0.717, 1.165) is 24.1 Å². The second-order valence-corrected chi connectivity index (χ2v) is 7.99. The number of allylic oxidation sites excluding steroid dienone is 3. The molecule has 0 amide bonds. The lowest BCUT2D eigenvalue weighted by atomic mass is 9.90. The zero-order valence-electron chi connectivity index (χ0n) is 14.7. The van der Waals surface area contributed by atoms with Crippen molar-refractivity contribution in [1.82, 2.24) is 0 Å². The maximum absolute atomic E-state index is 9.79. The van der Waals surface area contributed by atoms with Crippen molar-refractivity contribution in [1.29, 1.82) is 0 Å². The molecule has 2 nitrogen and oxygen atoms in total. The van der Waals surface area contributed by atoms with E-state index in [2.05, 4.69) is 60.0 Å². The maximum Gasteiger partial charge on any atom is 0.104 e. The van der Waals surface area contributed by atoms with Gasteiger partial charge in [0.15, 0.2) is 0 Å². The van der Waals surface area contributed by atoms with Crippen LogP contribution in [-0.4, -0.2) is 18.3 Å². The van der Waals surface area contributed by atoms with Crippen LogP contribution in [0.4, 0.5) is 10.7 Å². The summed E-state index contributed by atoms with van der Waals surface area (Å²) in [6, 6.07) is 17.2. The fourth-order valence-electron chi connectivity index (χ4n) is 4.43. The van der Waals surface area contributed by atoms with Crippen molar-refractivity contribution in [3.05, 3.63) is 71.8 Å². The average molecular weight is 359 g/mol. The van der Waals surface area contributed by atoms with Crippen LogP contribution in [0, 0.1) is 0 Å². The minimum atomic E-state index is 0.125. The predicted octanol–water partition coefficient (Wildman–Crippen LogP) is 6.00. The van der Waals surface area contributed by atoms with Gasteiger partial charge in [-0.15, -0.1) is 11.3 Å². The van der Waals surface area contributed by atoms with E-state index in [1.807, 2.05) is 11.3 Å². The molecular formula is C23H21NOS. The Labute approximate surface area is 157 Å². The van der Waals surface area contributed by atoms with Gasteiger partial charge in [-0.1, -0.05) is 43.0 Å². The Kier molecular flexibility index (Phi) is 3.73. The van der Waals surface area contributed by atoms with Gasteiger partial charge >= 0.3 is 0 Å². The Morgan fingerprint density at radius 2 is 1.77 bits per heavy atom. The van der Waals surface area contributed by atoms with E-state index in [9.17, 15) is 5.11 Å². The molecule has 0 radical (unpaired) electrons. The minimum Gasteiger partial charge on any atom is -0.395 e. The zero-order chi connectivity index (χ0) is 17.7. The van der Waals surface area contributed by atoms with Crippen LogP contribution in [0.25, 0.3) is 21.2 Å². The summed E-state index contributed by atoms with van der Waals surface area (Å²) in [5.74, 6) is 0. The standard InChI is InChI=1S/C23H21NOS/c1-15-16-9-6-10-18(16)22-19-8-3-5-12-21(19)26-23(22)24(13-14-25)20-11-4-2-7-17(15)20/h2-5,7-8,11-12,25H,1,6,9-10,13-14H2. The summed E-state index contributed by atoms with van der Waals surface area (Å²) < 4.78 is 1.31. The number of fused-ring (bicyclic) bond motifs is 5. The number of benzene rings is 2. The van der Waals surface area contributed by atoms with Gasteiger partial charge in [-0.05, 0) is 48.1 Å². The van der Waals surface area contributed by atoms with Crippen LogP contribution in [0.15, 0.2) is 60.7 Å². The molecule has 1 aromatic heterocycles. The molecule has 3 heteroatoms. The van der Waals surface area contributed by atoms with Crippen LogP contribution in [0.3, 0.4) is 0 Å². The second kappa shape index (κ2) is 6.11. The molecule has 2 aliphatic rings. The fraction of sp³-hybridized carbons (Fsp3) is 0.217. The van der Waals surface area contributed by atoms with E-state index >= 15 is 0 Å². The number of nitrogens with zero attached hydrogens (tertiary/aromatic N) is 1. The molecule has 3 aromatic rings. The Bertz CT molecular complexity index is 1060. The summed E-state index contributed by atoms with van der Waals surface area (Å²) in [5, 5.41) is 12.4. The summed E-state index contributed by atoms with van der Waals surface area (Å²) in [7, 11) is 0. The second-order valence-electron chi connectivity index (χ2n) is 6.96. The monoisotopic (exact) mass is 359 g/mol. The first-order valence-electron chi connectivity index (χ1n) is 9.20. The third-order valence-electron chi connectivity index (χ3n) is 5.55. The van der Waals surface area contributed by atoms with Crippen LogP contribution >= 0.6 is 11.3 Å². The first-order chi connectivity index (χ1) is 12.8. The highest BCUT2D eigenvalue weighted by atomic mass is 32.1. The van der Waals surface area contributed by atoms with Crippen molar-refractivity contribution < 1.29 is 5.11 Å². The van der Waals surface area contributed by atoms with Gasteiger partial charge in [-0.2, -0.15) is 0 Å². The number of aliphatic hydroxyl groups excluding tert-OH is 1. The van der Waals surface area contributed by atoms with Crippen molar-refractivity contribution in [3.8, 4) is 0 Å². The summed E-state index contributed by atoms with van der Waals surface area (Å²) >= 11 is 1.84. The van der Waals surface area contributed by atoms with Gasteiger partial charge in [0.05, 0.1) is 6.61 Å². The molecule has 2 aromatic carbocycles. The molecule has 0 saturated heterocycles.